The van der Waals surface area contributed by atoms with Gasteiger partial charge in [0.1, 0.15) is 23.3 Å². The fourth-order valence-corrected chi connectivity index (χ4v) is 6.86. The first kappa shape index (κ1) is 45.2. The van der Waals surface area contributed by atoms with Crippen molar-refractivity contribution in [3.05, 3.63) is 79.9 Å². The van der Waals surface area contributed by atoms with Gasteiger partial charge in [0.15, 0.2) is 0 Å². The van der Waals surface area contributed by atoms with Crippen LogP contribution in [0.5, 0.6) is 0 Å². The van der Waals surface area contributed by atoms with Gasteiger partial charge in [0.25, 0.3) is 11.4 Å². The summed E-state index contributed by atoms with van der Waals surface area (Å²) in [5.74, 6) is -4.11. The minimum Gasteiger partial charge on any atom is -0.480 e. The molecule has 4 rings (SSSR count). The molecule has 2 heterocycles. The second kappa shape index (κ2) is 18.4. The van der Waals surface area contributed by atoms with Crippen LogP contribution in [0.3, 0.4) is 0 Å². The summed E-state index contributed by atoms with van der Waals surface area (Å²) in [5, 5.41) is 43.8. The monoisotopic (exact) mass is 840 g/mol. The van der Waals surface area contributed by atoms with Gasteiger partial charge in [0.05, 0.1) is 32.7 Å². The molecule has 4 amide bonds. The van der Waals surface area contributed by atoms with Gasteiger partial charge < -0.3 is 39.3 Å². The van der Waals surface area contributed by atoms with E-state index < -0.39 is 80.4 Å². The molecule has 2 aliphatic heterocycles. The Morgan fingerprint density at radius 1 is 0.661 bits per heavy atom. The van der Waals surface area contributed by atoms with E-state index in [0.717, 1.165) is 45.8 Å². The first-order valence-corrected chi connectivity index (χ1v) is 18.9. The van der Waals surface area contributed by atoms with Gasteiger partial charge in [-0.1, -0.05) is 23.9 Å². The molecule has 0 spiro atoms. The SMILES string of the molecule is CC(C)(C)OC(=O)N1CCN(C(=O)/C=C/c2ccc(Sc3ccc(/C=C/C(=O)N4CCN(C(=O)OC(C)(C)C)CC4C(=O)O)cc3[N+](=O)[O-])c([N+](=O)[O-])c2)C(C(=O)O)C1. The molecule has 316 valence electrons. The van der Waals surface area contributed by atoms with Gasteiger partial charge in [-0.3, -0.25) is 29.8 Å². The summed E-state index contributed by atoms with van der Waals surface area (Å²) in [5.41, 5.74) is -2.11. The molecule has 2 N–H and O–H groups in total. The van der Waals surface area contributed by atoms with E-state index in [0.29, 0.717) is 0 Å². The van der Waals surface area contributed by atoms with Crippen LogP contribution in [0.2, 0.25) is 0 Å². The summed E-state index contributed by atoms with van der Waals surface area (Å²) in [6, 6.07) is 5.08. The number of benzene rings is 2. The Labute approximate surface area is 342 Å². The van der Waals surface area contributed by atoms with Gasteiger partial charge in [-0.25, -0.2) is 19.2 Å². The fourth-order valence-electron chi connectivity index (χ4n) is 5.88. The first-order valence-electron chi connectivity index (χ1n) is 18.1. The number of rotatable bonds is 10. The molecule has 0 saturated carbocycles. The highest BCUT2D eigenvalue weighted by Crippen LogP contribution is 2.40. The normalized spacial score (nSPS) is 17.5. The summed E-state index contributed by atoms with van der Waals surface area (Å²) < 4.78 is 10.6. The Balaban J connectivity index is 1.47. The van der Waals surface area contributed by atoms with Crippen LogP contribution < -0.4 is 0 Å². The van der Waals surface area contributed by atoms with E-state index in [1.165, 1.54) is 46.2 Å². The Morgan fingerprint density at radius 3 is 1.32 bits per heavy atom. The highest BCUT2D eigenvalue weighted by Gasteiger charge is 2.39. The van der Waals surface area contributed by atoms with Crippen molar-refractivity contribution in [3.8, 4) is 0 Å². The van der Waals surface area contributed by atoms with Crippen LogP contribution in [-0.4, -0.2) is 138 Å². The van der Waals surface area contributed by atoms with Gasteiger partial charge >= 0.3 is 24.1 Å². The minimum absolute atomic E-state index is 0.0146. The molecule has 2 fully saturated rings. The molecule has 0 radical (unpaired) electrons. The van der Waals surface area contributed by atoms with E-state index in [9.17, 15) is 59.2 Å². The molecule has 2 aromatic rings. The van der Waals surface area contributed by atoms with Gasteiger partial charge in [-0.05, 0) is 77.0 Å². The third-order valence-electron chi connectivity index (χ3n) is 8.62. The second-order valence-corrected chi connectivity index (χ2v) is 16.4. The van der Waals surface area contributed by atoms with E-state index in [2.05, 4.69) is 0 Å². The van der Waals surface area contributed by atoms with Crippen LogP contribution >= 0.6 is 11.8 Å². The predicted molar refractivity (Wildman–Crippen MR) is 210 cm³/mol. The number of carbonyl (C=O) groups is 6. The molecule has 21 heteroatoms. The van der Waals surface area contributed by atoms with Crippen molar-refractivity contribution in [1.82, 2.24) is 19.6 Å². The highest BCUT2D eigenvalue weighted by atomic mass is 32.2. The average molecular weight is 841 g/mol. The van der Waals surface area contributed by atoms with Gasteiger partial charge in [-0.2, -0.15) is 0 Å². The lowest BCUT2D eigenvalue weighted by atomic mass is 10.1. The van der Waals surface area contributed by atoms with Gasteiger partial charge in [0, 0.05) is 50.5 Å². The number of hydrogen-bond acceptors (Lipinski definition) is 13. The molecule has 2 atom stereocenters. The number of ether oxygens (including phenoxy) is 2. The summed E-state index contributed by atoms with van der Waals surface area (Å²) in [4.78, 5) is 103. The number of aliphatic carboxylic acids is 2. The zero-order chi connectivity index (χ0) is 44.0. The molecule has 2 saturated heterocycles. The fraction of sp³-hybridized carbons (Fsp3) is 0.421. The molecule has 2 aliphatic rings. The first-order chi connectivity index (χ1) is 27.4. The number of amides is 4. The highest BCUT2D eigenvalue weighted by molar-refractivity contribution is 7.99. The lowest BCUT2D eigenvalue weighted by Gasteiger charge is -2.39. The maximum Gasteiger partial charge on any atom is 0.410 e. The van der Waals surface area contributed by atoms with Crippen LogP contribution in [0.1, 0.15) is 52.7 Å². The molecule has 2 unspecified atom stereocenters. The van der Waals surface area contributed by atoms with Crippen LogP contribution in [0.4, 0.5) is 21.0 Å². The lowest BCUT2D eigenvalue weighted by Crippen LogP contribution is -2.59. The van der Waals surface area contributed by atoms with Crippen molar-refractivity contribution in [2.24, 2.45) is 0 Å². The van der Waals surface area contributed by atoms with Crippen molar-refractivity contribution in [1.29, 1.82) is 0 Å². The van der Waals surface area contributed by atoms with Gasteiger partial charge in [0.2, 0.25) is 11.8 Å². The molecular weight excluding hydrogens is 797 g/mol. The molecule has 59 heavy (non-hydrogen) atoms. The van der Waals surface area contributed by atoms with Crippen LogP contribution in [0, 0.1) is 20.2 Å². The third kappa shape index (κ3) is 12.2. The van der Waals surface area contributed by atoms with Crippen molar-refractivity contribution in [3.63, 3.8) is 0 Å². The van der Waals surface area contributed by atoms with E-state index in [4.69, 9.17) is 9.47 Å². The quantitative estimate of drug-likeness (QED) is 0.186. The smallest absolute Gasteiger partial charge is 0.410 e. The third-order valence-corrected chi connectivity index (χ3v) is 9.75. The minimum atomic E-state index is -1.38. The Morgan fingerprint density at radius 2 is 1.02 bits per heavy atom. The van der Waals surface area contributed by atoms with Crippen LogP contribution in [-0.2, 0) is 28.7 Å². The van der Waals surface area contributed by atoms with Crippen molar-refractivity contribution < 1.29 is 58.3 Å². The number of carbonyl (C=O) groups excluding carboxylic acids is 4. The van der Waals surface area contributed by atoms with Crippen LogP contribution in [0.25, 0.3) is 12.2 Å². The summed E-state index contributed by atoms with van der Waals surface area (Å²) in [6.45, 7) is 9.16. The molecule has 20 nitrogen and oxygen atoms in total. The maximum absolute atomic E-state index is 13.1. The largest absolute Gasteiger partial charge is 0.480 e. The average Bonchev–Trinajstić information content (AvgIpc) is 3.14. The number of hydrogen-bond donors (Lipinski definition) is 2. The summed E-state index contributed by atoms with van der Waals surface area (Å²) in [6.07, 6.45) is 3.19. The topological polar surface area (TPSA) is 261 Å². The van der Waals surface area contributed by atoms with Crippen LogP contribution in [0.15, 0.2) is 58.3 Å². The number of nitro groups is 2. The second-order valence-electron chi connectivity index (χ2n) is 15.4. The Hall–Kier alpha value is -6.51. The van der Waals surface area contributed by atoms with Crippen molar-refractivity contribution >= 4 is 71.2 Å². The number of piperazine rings is 2. The van der Waals surface area contributed by atoms with Crippen molar-refractivity contribution in [2.75, 3.05) is 39.3 Å². The lowest BCUT2D eigenvalue weighted by molar-refractivity contribution is -0.388. The number of nitro benzene ring substituents is 2. The number of nitrogens with zero attached hydrogens (tertiary/aromatic N) is 6. The summed E-state index contributed by atoms with van der Waals surface area (Å²) >= 11 is 0.730. The van der Waals surface area contributed by atoms with E-state index in [1.54, 1.807) is 41.5 Å². The summed E-state index contributed by atoms with van der Waals surface area (Å²) in [7, 11) is 0. The Kier molecular flexibility index (Phi) is 14.1. The van der Waals surface area contributed by atoms with Gasteiger partial charge in [-0.15, -0.1) is 0 Å². The predicted octanol–water partition coefficient (Wildman–Crippen LogP) is 4.75. The molecular formula is C38H44N6O14S. The maximum atomic E-state index is 13.1. The van der Waals surface area contributed by atoms with Crippen molar-refractivity contribution in [2.45, 2.75) is 74.6 Å². The number of carboxylic acids is 2. The van der Waals surface area contributed by atoms with E-state index in [1.807, 2.05) is 0 Å². The Bertz CT molecular complexity index is 1950. The molecule has 0 bridgehead atoms. The van der Waals surface area contributed by atoms with E-state index >= 15 is 0 Å². The molecule has 0 aromatic heterocycles. The molecule has 0 aliphatic carbocycles. The zero-order valence-corrected chi connectivity index (χ0v) is 33.9. The zero-order valence-electron chi connectivity index (χ0n) is 33.1. The van der Waals surface area contributed by atoms with E-state index in [-0.39, 0.29) is 60.2 Å². The number of carboxylic acid groups (broad SMARTS) is 2. The standard InChI is InChI=1S/C38H44N6O14S/c1-37(2,3)57-35(51)39-15-17-41(27(21-39)33(47)48)31(45)13-9-23-7-11-29(25(19-23)43(53)54)59-30-12-8-24(20-26(30)44(55)56)10-14-32(46)42-18-16-40(22-28(42)34(49)50)36(52)58-38(4,5)6/h7-14,19-20,27-28H,15-18,21-22H2,1-6H3,(H,47,48)(H,49,50)/b13-9+,14-10+. The molecule has 2 aromatic carbocycles.